The standard InChI is InChI=1S/C15H21N3O2/c1-17-8-4-3-5-11(17)10-18-14-7-6-12(20-2)9-13(14)16-15(18)19/h6-7,9,11H,3-5,8,10H2,1-2H3,(H,16,19). The summed E-state index contributed by atoms with van der Waals surface area (Å²) in [6.45, 7) is 1.87. The van der Waals surface area contributed by atoms with Gasteiger partial charge in [-0.15, -0.1) is 0 Å². The maximum Gasteiger partial charge on any atom is 0.326 e. The highest BCUT2D eigenvalue weighted by molar-refractivity contribution is 5.76. The lowest BCUT2D eigenvalue weighted by atomic mass is 10.0. The van der Waals surface area contributed by atoms with Crippen molar-refractivity contribution >= 4 is 11.0 Å². The van der Waals surface area contributed by atoms with Crippen molar-refractivity contribution in [2.45, 2.75) is 31.8 Å². The van der Waals surface area contributed by atoms with Crippen LogP contribution in [0.25, 0.3) is 11.0 Å². The molecular weight excluding hydrogens is 254 g/mol. The fraction of sp³-hybridized carbons (Fsp3) is 0.533. The van der Waals surface area contributed by atoms with Gasteiger partial charge in [-0.3, -0.25) is 4.57 Å². The number of nitrogens with one attached hydrogen (secondary N) is 1. The summed E-state index contributed by atoms with van der Waals surface area (Å²) in [6, 6.07) is 6.17. The van der Waals surface area contributed by atoms with Gasteiger partial charge in [-0.1, -0.05) is 6.42 Å². The molecule has 1 aliphatic heterocycles. The quantitative estimate of drug-likeness (QED) is 0.929. The molecule has 1 aromatic heterocycles. The lowest BCUT2D eigenvalue weighted by molar-refractivity contribution is 0.167. The third-order valence-electron chi connectivity index (χ3n) is 4.30. The van der Waals surface area contributed by atoms with Crippen LogP contribution in [-0.2, 0) is 6.54 Å². The van der Waals surface area contributed by atoms with Gasteiger partial charge >= 0.3 is 5.69 Å². The van der Waals surface area contributed by atoms with Crippen LogP contribution < -0.4 is 10.4 Å². The summed E-state index contributed by atoms with van der Waals surface area (Å²) in [5, 5.41) is 0. The largest absolute Gasteiger partial charge is 0.497 e. The first-order valence-corrected chi connectivity index (χ1v) is 7.16. The normalized spacial score (nSPS) is 20.4. The van der Waals surface area contributed by atoms with Gasteiger partial charge in [0.15, 0.2) is 0 Å². The molecule has 5 nitrogen and oxygen atoms in total. The zero-order valence-electron chi connectivity index (χ0n) is 12.1. The zero-order chi connectivity index (χ0) is 14.1. The average molecular weight is 275 g/mol. The highest BCUT2D eigenvalue weighted by Crippen LogP contribution is 2.21. The molecule has 0 spiro atoms. The monoisotopic (exact) mass is 275 g/mol. The number of aromatic amines is 1. The number of likely N-dealkylation sites (tertiary alicyclic amines) is 1. The van der Waals surface area contributed by atoms with E-state index in [9.17, 15) is 4.79 Å². The number of ether oxygens (including phenoxy) is 1. The molecule has 0 amide bonds. The third kappa shape index (κ3) is 2.33. The minimum atomic E-state index is -0.0350. The molecule has 5 heteroatoms. The molecule has 2 aromatic rings. The van der Waals surface area contributed by atoms with Crippen LogP contribution in [-0.4, -0.2) is 41.2 Å². The van der Waals surface area contributed by atoms with Gasteiger partial charge in [0.05, 0.1) is 18.1 Å². The molecule has 0 bridgehead atoms. The van der Waals surface area contributed by atoms with E-state index < -0.39 is 0 Å². The van der Waals surface area contributed by atoms with E-state index in [2.05, 4.69) is 16.9 Å². The lowest BCUT2D eigenvalue weighted by Crippen LogP contribution is -2.40. The first kappa shape index (κ1) is 13.2. The van der Waals surface area contributed by atoms with E-state index >= 15 is 0 Å². The maximum absolute atomic E-state index is 12.2. The number of H-pyrrole nitrogens is 1. The number of hydrogen-bond donors (Lipinski definition) is 1. The SMILES string of the molecule is COc1ccc2c(c1)[nH]c(=O)n2CC1CCCCN1C. The number of likely N-dealkylation sites (N-methyl/N-ethyl adjacent to an activating group) is 1. The number of benzene rings is 1. The van der Waals surface area contributed by atoms with Gasteiger partial charge in [0, 0.05) is 18.7 Å². The van der Waals surface area contributed by atoms with Crippen molar-refractivity contribution in [3.8, 4) is 5.75 Å². The van der Waals surface area contributed by atoms with Crippen LogP contribution in [0.3, 0.4) is 0 Å². The number of fused-ring (bicyclic) bond motifs is 1. The smallest absolute Gasteiger partial charge is 0.326 e. The highest BCUT2D eigenvalue weighted by Gasteiger charge is 2.21. The van der Waals surface area contributed by atoms with Gasteiger partial charge in [-0.05, 0) is 38.6 Å². The van der Waals surface area contributed by atoms with Gasteiger partial charge in [-0.25, -0.2) is 4.79 Å². The molecule has 1 fully saturated rings. The Morgan fingerprint density at radius 3 is 3.00 bits per heavy atom. The Balaban J connectivity index is 1.94. The summed E-state index contributed by atoms with van der Waals surface area (Å²) in [6.07, 6.45) is 3.67. The number of methoxy groups -OCH3 is 1. The van der Waals surface area contributed by atoms with E-state index in [-0.39, 0.29) is 5.69 Å². The number of aromatic nitrogens is 2. The van der Waals surface area contributed by atoms with Crippen LogP contribution in [0.2, 0.25) is 0 Å². The summed E-state index contributed by atoms with van der Waals surface area (Å²) < 4.78 is 7.05. The van der Waals surface area contributed by atoms with Gasteiger partial charge in [-0.2, -0.15) is 0 Å². The van der Waals surface area contributed by atoms with Crippen molar-refractivity contribution in [3.63, 3.8) is 0 Å². The Labute approximate surface area is 118 Å². The lowest BCUT2D eigenvalue weighted by Gasteiger charge is -2.32. The second-order valence-corrected chi connectivity index (χ2v) is 5.55. The molecular formula is C15H21N3O2. The van der Waals surface area contributed by atoms with Crippen LogP contribution in [0.1, 0.15) is 19.3 Å². The Hall–Kier alpha value is -1.75. The topological polar surface area (TPSA) is 50.3 Å². The molecule has 0 radical (unpaired) electrons. The van der Waals surface area contributed by atoms with Crippen molar-refractivity contribution in [1.29, 1.82) is 0 Å². The molecule has 20 heavy (non-hydrogen) atoms. The van der Waals surface area contributed by atoms with E-state index in [0.29, 0.717) is 6.04 Å². The second kappa shape index (κ2) is 5.32. The summed E-state index contributed by atoms with van der Waals surface area (Å²) >= 11 is 0. The molecule has 1 atom stereocenters. The molecule has 0 saturated carbocycles. The fourth-order valence-corrected chi connectivity index (χ4v) is 3.04. The number of nitrogens with zero attached hydrogens (tertiary/aromatic N) is 2. The fourth-order valence-electron chi connectivity index (χ4n) is 3.04. The Morgan fingerprint density at radius 1 is 1.40 bits per heavy atom. The number of piperidine rings is 1. The van der Waals surface area contributed by atoms with Crippen LogP contribution >= 0.6 is 0 Å². The number of hydrogen-bond acceptors (Lipinski definition) is 3. The summed E-state index contributed by atoms with van der Waals surface area (Å²) in [5.74, 6) is 0.765. The van der Waals surface area contributed by atoms with E-state index in [4.69, 9.17) is 4.74 Å². The Bertz CT molecular complexity index is 659. The van der Waals surface area contributed by atoms with E-state index in [1.165, 1.54) is 12.8 Å². The minimum Gasteiger partial charge on any atom is -0.497 e. The molecule has 1 aliphatic rings. The molecule has 0 aliphatic carbocycles. The van der Waals surface area contributed by atoms with Gasteiger partial charge in [0.25, 0.3) is 0 Å². The molecule has 2 heterocycles. The van der Waals surface area contributed by atoms with Crippen molar-refractivity contribution < 1.29 is 4.74 Å². The Morgan fingerprint density at radius 2 is 2.25 bits per heavy atom. The Kier molecular flexibility index (Phi) is 3.53. The summed E-state index contributed by atoms with van der Waals surface area (Å²) in [7, 11) is 3.78. The molecule has 1 N–H and O–H groups in total. The van der Waals surface area contributed by atoms with Crippen LogP contribution in [0.4, 0.5) is 0 Å². The first-order valence-electron chi connectivity index (χ1n) is 7.16. The number of rotatable bonds is 3. The van der Waals surface area contributed by atoms with Gasteiger partial charge in [0.1, 0.15) is 5.75 Å². The molecule has 1 saturated heterocycles. The van der Waals surface area contributed by atoms with E-state index in [1.54, 1.807) is 7.11 Å². The van der Waals surface area contributed by atoms with Gasteiger partial charge in [0.2, 0.25) is 0 Å². The predicted octanol–water partition coefficient (Wildman–Crippen LogP) is 1.82. The molecule has 108 valence electrons. The highest BCUT2D eigenvalue weighted by atomic mass is 16.5. The third-order valence-corrected chi connectivity index (χ3v) is 4.30. The minimum absolute atomic E-state index is 0.0350. The van der Waals surface area contributed by atoms with E-state index in [0.717, 1.165) is 36.3 Å². The number of imidazole rings is 1. The molecule has 1 unspecified atom stereocenters. The summed E-state index contributed by atoms with van der Waals surface area (Å²) in [4.78, 5) is 17.4. The van der Waals surface area contributed by atoms with Crippen molar-refractivity contribution in [1.82, 2.24) is 14.5 Å². The predicted molar refractivity (Wildman–Crippen MR) is 79.4 cm³/mol. The van der Waals surface area contributed by atoms with Crippen LogP contribution in [0.15, 0.2) is 23.0 Å². The average Bonchev–Trinajstić information content (AvgIpc) is 2.76. The maximum atomic E-state index is 12.2. The molecule has 3 rings (SSSR count). The van der Waals surface area contributed by atoms with Crippen molar-refractivity contribution in [2.24, 2.45) is 0 Å². The second-order valence-electron chi connectivity index (χ2n) is 5.55. The van der Waals surface area contributed by atoms with E-state index in [1.807, 2.05) is 22.8 Å². The van der Waals surface area contributed by atoms with Gasteiger partial charge < -0.3 is 14.6 Å². The zero-order valence-corrected chi connectivity index (χ0v) is 12.1. The first-order chi connectivity index (χ1) is 9.69. The summed E-state index contributed by atoms with van der Waals surface area (Å²) in [5.41, 5.74) is 1.76. The van der Waals surface area contributed by atoms with Crippen molar-refractivity contribution in [3.05, 3.63) is 28.7 Å². The molecule has 1 aromatic carbocycles. The van der Waals surface area contributed by atoms with Crippen molar-refractivity contribution in [2.75, 3.05) is 20.7 Å². The van der Waals surface area contributed by atoms with Crippen LogP contribution in [0, 0.1) is 0 Å². The van der Waals surface area contributed by atoms with Crippen LogP contribution in [0.5, 0.6) is 5.75 Å².